The molecule has 0 radical (unpaired) electrons. The van der Waals surface area contributed by atoms with Gasteiger partial charge in [-0.25, -0.2) is 10.9 Å². The summed E-state index contributed by atoms with van der Waals surface area (Å²) in [5.74, 6) is 0. The van der Waals surface area contributed by atoms with Crippen LogP contribution in [0.25, 0.3) is 0 Å². The first-order valence-corrected chi connectivity index (χ1v) is 6.94. The van der Waals surface area contributed by atoms with Gasteiger partial charge in [0.1, 0.15) is 0 Å². The Labute approximate surface area is 118 Å². The molecule has 0 bridgehead atoms. The van der Waals surface area contributed by atoms with Crippen molar-refractivity contribution in [1.82, 2.24) is 10.9 Å². The van der Waals surface area contributed by atoms with Gasteiger partial charge in [0.2, 0.25) is 0 Å². The maximum Gasteiger partial charge on any atom is 0.0495 e. The predicted octanol–water partition coefficient (Wildman–Crippen LogP) is 3.93. The van der Waals surface area contributed by atoms with Crippen molar-refractivity contribution in [3.63, 3.8) is 0 Å². The van der Waals surface area contributed by atoms with Crippen molar-refractivity contribution in [1.29, 1.82) is 0 Å². The van der Waals surface area contributed by atoms with E-state index in [0.29, 0.717) is 6.04 Å². The Balaban J connectivity index is 1.77. The maximum atomic E-state index is 6.25. The van der Waals surface area contributed by atoms with Crippen LogP contribution in [0.4, 0.5) is 0 Å². The number of hydrogen-bond donors (Lipinski definition) is 2. The molecule has 3 heteroatoms. The van der Waals surface area contributed by atoms with Gasteiger partial charge in [-0.05, 0) is 30.5 Å². The van der Waals surface area contributed by atoms with Gasteiger partial charge in [-0.2, -0.15) is 0 Å². The van der Waals surface area contributed by atoms with Crippen LogP contribution in [0.1, 0.15) is 35.2 Å². The first-order chi connectivity index (χ1) is 9.24. The van der Waals surface area contributed by atoms with Gasteiger partial charge in [0.15, 0.2) is 0 Å². The molecular weight excluding hydrogens is 256 g/mol. The Bertz CT molecular complexity index is 565. The van der Waals surface area contributed by atoms with Gasteiger partial charge in [0.05, 0.1) is 0 Å². The highest BCUT2D eigenvalue weighted by Crippen LogP contribution is 2.33. The summed E-state index contributed by atoms with van der Waals surface area (Å²) in [4.78, 5) is 0. The zero-order valence-corrected chi connectivity index (χ0v) is 11.6. The Kier molecular flexibility index (Phi) is 3.56. The summed E-state index contributed by atoms with van der Waals surface area (Å²) in [5.41, 5.74) is 10.5. The van der Waals surface area contributed by atoms with Gasteiger partial charge < -0.3 is 0 Å². The maximum absolute atomic E-state index is 6.25. The summed E-state index contributed by atoms with van der Waals surface area (Å²) >= 11 is 6.25. The summed E-state index contributed by atoms with van der Waals surface area (Å²) in [7, 11) is 0. The van der Waals surface area contributed by atoms with Crippen LogP contribution in [0.3, 0.4) is 0 Å². The summed E-state index contributed by atoms with van der Waals surface area (Å²) in [5, 5.41) is 0.825. The number of hydrogen-bond acceptors (Lipinski definition) is 2. The lowest BCUT2D eigenvalue weighted by atomic mass is 9.97. The van der Waals surface area contributed by atoms with E-state index in [1.54, 1.807) is 0 Å². The molecule has 2 unspecified atom stereocenters. The van der Waals surface area contributed by atoms with Crippen LogP contribution in [-0.2, 0) is 0 Å². The zero-order valence-electron chi connectivity index (χ0n) is 10.9. The molecule has 2 aromatic carbocycles. The highest BCUT2D eigenvalue weighted by molar-refractivity contribution is 6.31. The summed E-state index contributed by atoms with van der Waals surface area (Å²) in [6.45, 7) is 2.11. The average Bonchev–Trinajstić information content (AvgIpc) is 2.89. The van der Waals surface area contributed by atoms with Crippen molar-refractivity contribution in [2.45, 2.75) is 25.4 Å². The number of hydrazine groups is 1. The van der Waals surface area contributed by atoms with Crippen LogP contribution in [0.2, 0.25) is 5.02 Å². The summed E-state index contributed by atoms with van der Waals surface area (Å²) in [6, 6.07) is 17.3. The van der Waals surface area contributed by atoms with Gasteiger partial charge in [-0.1, -0.05) is 59.6 Å². The van der Waals surface area contributed by atoms with Gasteiger partial charge in [-0.3, -0.25) is 0 Å². The van der Waals surface area contributed by atoms with Crippen molar-refractivity contribution in [3.8, 4) is 0 Å². The third-order valence-electron chi connectivity index (χ3n) is 3.66. The summed E-state index contributed by atoms with van der Waals surface area (Å²) < 4.78 is 0. The second-order valence-corrected chi connectivity index (χ2v) is 5.47. The number of aryl methyl sites for hydroxylation is 1. The van der Waals surface area contributed by atoms with Crippen LogP contribution in [0, 0.1) is 6.92 Å². The predicted molar refractivity (Wildman–Crippen MR) is 79.0 cm³/mol. The van der Waals surface area contributed by atoms with E-state index in [9.17, 15) is 0 Å². The minimum absolute atomic E-state index is 0.264. The molecular formula is C16H17ClN2. The van der Waals surface area contributed by atoms with E-state index in [-0.39, 0.29) is 6.04 Å². The molecule has 19 heavy (non-hydrogen) atoms. The Morgan fingerprint density at radius 2 is 1.63 bits per heavy atom. The smallest absolute Gasteiger partial charge is 0.0495 e. The van der Waals surface area contributed by atoms with E-state index in [0.717, 1.165) is 17.0 Å². The first-order valence-electron chi connectivity index (χ1n) is 6.56. The van der Waals surface area contributed by atoms with E-state index in [2.05, 4.69) is 48.1 Å². The second-order valence-electron chi connectivity index (χ2n) is 5.06. The van der Waals surface area contributed by atoms with Crippen LogP contribution in [0.5, 0.6) is 0 Å². The molecule has 2 atom stereocenters. The lowest BCUT2D eigenvalue weighted by molar-refractivity contribution is 0.555. The molecule has 3 rings (SSSR count). The quantitative estimate of drug-likeness (QED) is 0.866. The first kappa shape index (κ1) is 12.7. The van der Waals surface area contributed by atoms with Crippen LogP contribution >= 0.6 is 11.6 Å². The number of benzene rings is 2. The Morgan fingerprint density at radius 1 is 0.947 bits per heavy atom. The SMILES string of the molecule is Cc1ccc(C2CC(c3ccccc3Cl)NN2)cc1. The van der Waals surface area contributed by atoms with Gasteiger partial charge >= 0.3 is 0 Å². The molecule has 0 amide bonds. The largest absolute Gasteiger partial charge is 0.250 e. The Morgan fingerprint density at radius 3 is 2.37 bits per heavy atom. The van der Waals surface area contributed by atoms with Gasteiger partial charge in [0.25, 0.3) is 0 Å². The molecule has 1 aliphatic heterocycles. The number of halogens is 1. The van der Waals surface area contributed by atoms with E-state index in [4.69, 9.17) is 11.6 Å². The topological polar surface area (TPSA) is 24.1 Å². The molecule has 2 nitrogen and oxygen atoms in total. The van der Waals surface area contributed by atoms with Crippen LogP contribution in [-0.4, -0.2) is 0 Å². The molecule has 1 heterocycles. The average molecular weight is 273 g/mol. The van der Waals surface area contributed by atoms with Crippen molar-refractivity contribution < 1.29 is 0 Å². The molecule has 1 saturated heterocycles. The van der Waals surface area contributed by atoms with Crippen molar-refractivity contribution >= 4 is 11.6 Å². The molecule has 1 aliphatic rings. The minimum Gasteiger partial charge on any atom is -0.250 e. The van der Waals surface area contributed by atoms with Crippen LogP contribution in [0.15, 0.2) is 48.5 Å². The van der Waals surface area contributed by atoms with E-state index < -0.39 is 0 Å². The van der Waals surface area contributed by atoms with E-state index in [1.807, 2.05) is 18.2 Å². The van der Waals surface area contributed by atoms with Crippen LogP contribution < -0.4 is 10.9 Å². The minimum atomic E-state index is 0.264. The second kappa shape index (κ2) is 5.33. The van der Waals surface area contributed by atoms with Crippen molar-refractivity contribution in [2.24, 2.45) is 0 Å². The fourth-order valence-corrected chi connectivity index (χ4v) is 2.80. The monoisotopic (exact) mass is 272 g/mol. The number of rotatable bonds is 2. The molecule has 98 valence electrons. The normalized spacial score (nSPS) is 22.6. The Hall–Kier alpha value is -1.35. The van der Waals surface area contributed by atoms with Gasteiger partial charge in [0, 0.05) is 17.1 Å². The summed E-state index contributed by atoms with van der Waals surface area (Å²) in [6.07, 6.45) is 1.01. The molecule has 0 spiro atoms. The molecule has 2 aromatic rings. The van der Waals surface area contributed by atoms with Crippen molar-refractivity contribution in [2.75, 3.05) is 0 Å². The molecule has 0 aromatic heterocycles. The molecule has 1 fully saturated rings. The fraction of sp³-hybridized carbons (Fsp3) is 0.250. The lowest BCUT2D eigenvalue weighted by Gasteiger charge is -2.11. The van der Waals surface area contributed by atoms with Gasteiger partial charge in [-0.15, -0.1) is 0 Å². The standard InChI is InChI=1S/C16H17ClN2/c1-11-6-8-12(9-7-11)15-10-16(19-18-15)13-4-2-3-5-14(13)17/h2-9,15-16,18-19H,10H2,1H3. The number of nitrogens with one attached hydrogen (secondary N) is 2. The van der Waals surface area contributed by atoms with E-state index >= 15 is 0 Å². The van der Waals surface area contributed by atoms with Crippen molar-refractivity contribution in [3.05, 3.63) is 70.2 Å². The lowest BCUT2D eigenvalue weighted by Crippen LogP contribution is -2.26. The highest BCUT2D eigenvalue weighted by atomic mass is 35.5. The third kappa shape index (κ3) is 2.66. The molecule has 0 aliphatic carbocycles. The van der Waals surface area contributed by atoms with E-state index in [1.165, 1.54) is 11.1 Å². The third-order valence-corrected chi connectivity index (χ3v) is 4.01. The molecule has 2 N–H and O–H groups in total. The highest BCUT2D eigenvalue weighted by Gasteiger charge is 2.27. The zero-order chi connectivity index (χ0) is 13.2. The fourth-order valence-electron chi connectivity index (χ4n) is 2.54. The molecule has 0 saturated carbocycles.